The zero-order valence-electron chi connectivity index (χ0n) is 20.1. The van der Waals surface area contributed by atoms with Crippen LogP contribution in [0.15, 0.2) is 30.6 Å². The normalized spacial score (nSPS) is 16.5. The van der Waals surface area contributed by atoms with E-state index in [-0.39, 0.29) is 12.0 Å². The number of hydrogen-bond donors (Lipinski definition) is 1. The van der Waals surface area contributed by atoms with Crippen LogP contribution in [0.3, 0.4) is 0 Å². The quantitative estimate of drug-likeness (QED) is 0.432. The lowest BCUT2D eigenvalue weighted by Gasteiger charge is -2.24. The number of nitrogens with zero attached hydrogens (tertiary/aromatic N) is 4. The van der Waals surface area contributed by atoms with Crippen molar-refractivity contribution in [1.82, 2.24) is 19.5 Å². The number of methoxy groups -OCH3 is 1. The molecule has 178 valence electrons. The molecule has 1 fully saturated rings. The van der Waals surface area contributed by atoms with E-state index in [0.29, 0.717) is 18.9 Å². The van der Waals surface area contributed by atoms with Crippen LogP contribution in [-0.4, -0.2) is 51.4 Å². The molecule has 0 radical (unpaired) electrons. The number of carbonyl (C=O) groups excluding carboxylic acids is 1. The fraction of sp³-hybridized carbons (Fsp3) is 0.400. The Morgan fingerprint density at radius 3 is 2.76 bits per heavy atom. The first kappa shape index (κ1) is 22.5. The minimum atomic E-state index is -0.521. The van der Waals surface area contributed by atoms with Gasteiger partial charge in [0.15, 0.2) is 5.82 Å². The number of carbonyl (C=O) groups is 1. The van der Waals surface area contributed by atoms with Crippen molar-refractivity contribution < 1.29 is 14.3 Å². The Morgan fingerprint density at radius 2 is 2.03 bits per heavy atom. The number of aromatic nitrogens is 3. The Morgan fingerprint density at radius 1 is 1.24 bits per heavy atom. The molecule has 5 rings (SSSR count). The van der Waals surface area contributed by atoms with Gasteiger partial charge in [0, 0.05) is 35.1 Å². The molecule has 4 aromatic rings. The minimum Gasteiger partial charge on any atom is -0.495 e. The zero-order valence-corrected chi connectivity index (χ0v) is 20.9. The second-order valence-corrected chi connectivity index (χ2v) is 10.8. The van der Waals surface area contributed by atoms with Gasteiger partial charge in [-0.2, -0.15) is 5.10 Å². The number of nitrogens with two attached hydrogens (primary N) is 1. The van der Waals surface area contributed by atoms with Gasteiger partial charge >= 0.3 is 6.09 Å². The first-order valence-corrected chi connectivity index (χ1v) is 12.1. The molecule has 0 spiro atoms. The van der Waals surface area contributed by atoms with Crippen molar-refractivity contribution in [2.45, 2.75) is 45.6 Å². The van der Waals surface area contributed by atoms with E-state index >= 15 is 0 Å². The van der Waals surface area contributed by atoms with Gasteiger partial charge in [-0.1, -0.05) is 6.07 Å². The average molecular weight is 480 g/mol. The van der Waals surface area contributed by atoms with Crippen LogP contribution in [0.4, 0.5) is 10.6 Å². The van der Waals surface area contributed by atoms with Crippen molar-refractivity contribution in [3.63, 3.8) is 0 Å². The third-order valence-electron chi connectivity index (χ3n) is 6.08. The van der Waals surface area contributed by atoms with E-state index in [9.17, 15) is 4.79 Å². The molecule has 2 N–H and O–H groups in total. The molecular weight excluding hydrogens is 450 g/mol. The van der Waals surface area contributed by atoms with E-state index in [0.717, 1.165) is 49.5 Å². The highest BCUT2D eigenvalue weighted by Crippen LogP contribution is 2.43. The van der Waals surface area contributed by atoms with Crippen molar-refractivity contribution in [3.05, 3.63) is 41.9 Å². The lowest BCUT2D eigenvalue weighted by Crippen LogP contribution is -2.35. The monoisotopic (exact) mass is 479 g/mol. The largest absolute Gasteiger partial charge is 0.495 e. The number of fused-ring (bicyclic) bond motifs is 2. The molecule has 0 aliphatic carbocycles. The number of ether oxygens (including phenoxy) is 2. The third-order valence-corrected chi connectivity index (χ3v) is 7.28. The summed E-state index contributed by atoms with van der Waals surface area (Å²) in [5.41, 5.74) is 9.77. The summed E-state index contributed by atoms with van der Waals surface area (Å²) in [6, 6.07) is 8.52. The first-order chi connectivity index (χ1) is 16.1. The highest BCUT2D eigenvalue weighted by Gasteiger charge is 2.33. The summed E-state index contributed by atoms with van der Waals surface area (Å²) in [6.45, 7) is 8.92. The number of amides is 1. The van der Waals surface area contributed by atoms with Gasteiger partial charge in [0.2, 0.25) is 0 Å². The Bertz CT molecular complexity index is 1400. The molecule has 9 heteroatoms. The molecule has 1 aliphatic heterocycles. The topological polar surface area (TPSA) is 95.0 Å². The minimum absolute atomic E-state index is 0.120. The number of anilines is 1. The maximum atomic E-state index is 12.6. The highest BCUT2D eigenvalue weighted by atomic mass is 32.1. The van der Waals surface area contributed by atoms with Gasteiger partial charge in [0.05, 0.1) is 11.8 Å². The van der Waals surface area contributed by atoms with E-state index in [2.05, 4.69) is 35.2 Å². The van der Waals surface area contributed by atoms with Crippen LogP contribution < -0.4 is 10.5 Å². The van der Waals surface area contributed by atoms with Crippen LogP contribution in [0.2, 0.25) is 0 Å². The predicted molar refractivity (Wildman–Crippen MR) is 135 cm³/mol. The van der Waals surface area contributed by atoms with Gasteiger partial charge in [-0.25, -0.2) is 14.3 Å². The summed E-state index contributed by atoms with van der Waals surface area (Å²) in [5, 5.41) is 5.66. The van der Waals surface area contributed by atoms with Gasteiger partial charge in [0.25, 0.3) is 0 Å². The molecule has 0 bridgehead atoms. The number of nitrogen functional groups attached to an aromatic ring is 1. The number of aryl methyl sites for hydroxylation is 1. The Hall–Kier alpha value is -3.33. The number of likely N-dealkylation sites (tertiary alicyclic amines) is 1. The molecule has 34 heavy (non-hydrogen) atoms. The summed E-state index contributed by atoms with van der Waals surface area (Å²) in [7, 11) is 1.70. The van der Waals surface area contributed by atoms with Gasteiger partial charge in [-0.05, 0) is 63.3 Å². The molecule has 0 unspecified atom stereocenters. The van der Waals surface area contributed by atoms with E-state index in [4.69, 9.17) is 15.2 Å². The lowest BCUT2D eigenvalue weighted by atomic mass is 10.0. The fourth-order valence-electron chi connectivity index (χ4n) is 4.61. The van der Waals surface area contributed by atoms with Crippen LogP contribution in [0.25, 0.3) is 26.0 Å². The maximum Gasteiger partial charge on any atom is 0.410 e. The second kappa shape index (κ2) is 8.16. The van der Waals surface area contributed by atoms with E-state index < -0.39 is 5.60 Å². The summed E-state index contributed by atoms with van der Waals surface area (Å²) in [4.78, 5) is 19.7. The van der Waals surface area contributed by atoms with Gasteiger partial charge < -0.3 is 20.1 Å². The molecule has 1 atom stereocenters. The predicted octanol–water partition coefficient (Wildman–Crippen LogP) is 5.23. The van der Waals surface area contributed by atoms with E-state index in [1.165, 1.54) is 6.33 Å². The van der Waals surface area contributed by atoms with Crippen molar-refractivity contribution >= 4 is 38.9 Å². The third kappa shape index (κ3) is 3.94. The average Bonchev–Trinajstić information content (AvgIpc) is 3.48. The van der Waals surface area contributed by atoms with Gasteiger partial charge in [-0.15, -0.1) is 11.3 Å². The van der Waals surface area contributed by atoms with Crippen molar-refractivity contribution in [1.29, 1.82) is 0 Å². The molecular formula is C25H29N5O3S. The number of rotatable bonds is 3. The van der Waals surface area contributed by atoms with Crippen LogP contribution in [0.5, 0.6) is 5.75 Å². The van der Waals surface area contributed by atoms with Crippen molar-refractivity contribution in [2.75, 3.05) is 25.9 Å². The SMILES string of the molecule is COc1cc(C)cc2cc(-c3cc([C@@H]4CCN(C(=O)OC(C)(C)C)C4)n4ncnc(N)c34)sc12. The second-order valence-electron chi connectivity index (χ2n) is 9.80. The standard InChI is InChI=1S/C25H29N5O3S/c1-14-8-16-10-20(34-22(16)19(9-14)32-5)17-11-18(30-21(17)23(26)27-13-28-30)15-6-7-29(12-15)24(31)33-25(2,3)4/h8-11,13,15H,6-7,12H2,1-5H3,(H2,26,27,28)/t15-/m1/s1. The molecule has 4 heterocycles. The lowest BCUT2D eigenvalue weighted by molar-refractivity contribution is 0.0292. The summed E-state index contributed by atoms with van der Waals surface area (Å²) >= 11 is 1.67. The smallest absolute Gasteiger partial charge is 0.410 e. The molecule has 1 aromatic carbocycles. The van der Waals surface area contributed by atoms with Crippen LogP contribution in [0.1, 0.15) is 44.4 Å². The first-order valence-electron chi connectivity index (χ1n) is 11.3. The van der Waals surface area contributed by atoms with Gasteiger partial charge in [0.1, 0.15) is 23.2 Å². The van der Waals surface area contributed by atoms with E-state index in [1.54, 1.807) is 23.3 Å². The molecule has 8 nitrogen and oxygen atoms in total. The Kier molecular flexibility index (Phi) is 5.39. The fourth-order valence-corrected chi connectivity index (χ4v) is 5.76. The number of hydrogen-bond acceptors (Lipinski definition) is 7. The zero-order chi connectivity index (χ0) is 24.2. The molecule has 1 saturated heterocycles. The van der Waals surface area contributed by atoms with Crippen LogP contribution in [0, 0.1) is 6.92 Å². The van der Waals surface area contributed by atoms with E-state index in [1.807, 2.05) is 31.4 Å². The van der Waals surface area contributed by atoms with Crippen molar-refractivity contribution in [3.8, 4) is 16.2 Å². The maximum absolute atomic E-state index is 12.6. The Balaban J connectivity index is 1.56. The van der Waals surface area contributed by atoms with Crippen LogP contribution in [-0.2, 0) is 4.74 Å². The Labute approximate surface area is 202 Å². The van der Waals surface area contributed by atoms with Gasteiger partial charge in [-0.3, -0.25) is 0 Å². The summed E-state index contributed by atoms with van der Waals surface area (Å²) in [5.74, 6) is 1.41. The summed E-state index contributed by atoms with van der Waals surface area (Å²) in [6.07, 6.45) is 2.03. The number of thiophene rings is 1. The number of benzene rings is 1. The summed E-state index contributed by atoms with van der Waals surface area (Å²) < 4.78 is 14.2. The van der Waals surface area contributed by atoms with Crippen LogP contribution >= 0.6 is 11.3 Å². The molecule has 0 saturated carbocycles. The molecule has 3 aromatic heterocycles. The van der Waals surface area contributed by atoms with Crippen molar-refractivity contribution in [2.24, 2.45) is 0 Å². The highest BCUT2D eigenvalue weighted by molar-refractivity contribution is 7.22. The molecule has 1 aliphatic rings. The molecule has 1 amide bonds.